The lowest BCUT2D eigenvalue weighted by Crippen LogP contribution is -2.37. The van der Waals surface area contributed by atoms with Crippen molar-refractivity contribution in [1.29, 1.82) is 0 Å². The minimum atomic E-state index is 0.0362. The Hall–Kier alpha value is -2.34. The molecule has 0 N–H and O–H groups in total. The molecular formula is C19H23N3O2S. The maximum Gasteiger partial charge on any atom is 0.263 e. The lowest BCUT2D eigenvalue weighted by Gasteiger charge is -2.22. The van der Waals surface area contributed by atoms with Gasteiger partial charge in [0.1, 0.15) is 0 Å². The second-order valence-corrected chi connectivity index (χ2v) is 7.31. The summed E-state index contributed by atoms with van der Waals surface area (Å²) in [5, 5.41) is 1.92. The smallest absolute Gasteiger partial charge is 0.263 e. The largest absolute Gasteiger partial charge is 0.378 e. The zero-order valence-electron chi connectivity index (χ0n) is 14.6. The number of carbonyl (C=O) groups excluding carboxylic acids is 2. The number of benzene rings is 1. The molecule has 2 heterocycles. The topological polar surface area (TPSA) is 43.9 Å². The van der Waals surface area contributed by atoms with Gasteiger partial charge in [0.25, 0.3) is 11.8 Å². The van der Waals surface area contributed by atoms with Gasteiger partial charge >= 0.3 is 0 Å². The van der Waals surface area contributed by atoms with Crippen LogP contribution in [0.15, 0.2) is 41.8 Å². The molecule has 132 valence electrons. The van der Waals surface area contributed by atoms with Crippen LogP contribution in [0, 0.1) is 0 Å². The molecule has 0 radical (unpaired) electrons. The second-order valence-electron chi connectivity index (χ2n) is 6.36. The van der Waals surface area contributed by atoms with Crippen molar-refractivity contribution in [2.75, 3.05) is 45.2 Å². The average molecular weight is 357 g/mol. The summed E-state index contributed by atoms with van der Waals surface area (Å²) < 4.78 is 0. The maximum atomic E-state index is 12.8. The van der Waals surface area contributed by atoms with E-state index in [4.69, 9.17) is 0 Å². The Morgan fingerprint density at radius 3 is 2.32 bits per heavy atom. The van der Waals surface area contributed by atoms with Gasteiger partial charge in [-0.25, -0.2) is 0 Å². The van der Waals surface area contributed by atoms with Crippen molar-refractivity contribution in [2.24, 2.45) is 0 Å². The zero-order valence-corrected chi connectivity index (χ0v) is 15.5. The van der Waals surface area contributed by atoms with Crippen LogP contribution in [0.2, 0.25) is 0 Å². The molecule has 1 aromatic heterocycles. The van der Waals surface area contributed by atoms with Crippen molar-refractivity contribution >= 4 is 28.8 Å². The molecule has 0 bridgehead atoms. The number of amides is 2. The van der Waals surface area contributed by atoms with E-state index in [1.165, 1.54) is 11.3 Å². The maximum absolute atomic E-state index is 12.8. The Bertz CT molecular complexity index is 743. The van der Waals surface area contributed by atoms with Gasteiger partial charge < -0.3 is 14.7 Å². The Morgan fingerprint density at radius 2 is 1.68 bits per heavy atom. The molecule has 1 aromatic carbocycles. The van der Waals surface area contributed by atoms with E-state index in [1.807, 2.05) is 70.6 Å². The van der Waals surface area contributed by atoms with Crippen molar-refractivity contribution in [3.05, 3.63) is 52.2 Å². The van der Waals surface area contributed by atoms with Crippen LogP contribution in [-0.2, 0) is 0 Å². The van der Waals surface area contributed by atoms with Crippen LogP contribution in [-0.4, -0.2) is 61.9 Å². The third-order valence-corrected chi connectivity index (χ3v) is 5.27. The summed E-state index contributed by atoms with van der Waals surface area (Å²) in [6.07, 6.45) is 0.802. The van der Waals surface area contributed by atoms with Crippen LogP contribution in [0.4, 0.5) is 5.69 Å². The van der Waals surface area contributed by atoms with Gasteiger partial charge in [0, 0.05) is 51.5 Å². The standard InChI is InChI=1S/C19H23N3O2S/c1-20(2)16-7-3-6-15(14-16)18(23)21-9-5-10-22(12-11-21)19(24)17-8-4-13-25-17/h3-4,6-8,13-14H,5,9-12H2,1-2H3. The number of anilines is 1. The molecular weight excluding hydrogens is 334 g/mol. The number of hydrogen-bond acceptors (Lipinski definition) is 4. The van der Waals surface area contributed by atoms with Gasteiger partial charge in [-0.1, -0.05) is 12.1 Å². The third-order valence-electron chi connectivity index (χ3n) is 4.41. The van der Waals surface area contributed by atoms with Crippen molar-refractivity contribution in [3.63, 3.8) is 0 Å². The molecule has 1 saturated heterocycles. The third kappa shape index (κ3) is 4.02. The number of hydrogen-bond donors (Lipinski definition) is 0. The fourth-order valence-corrected chi connectivity index (χ4v) is 3.67. The molecule has 1 aliphatic heterocycles. The van der Waals surface area contributed by atoms with E-state index < -0.39 is 0 Å². The molecule has 0 aliphatic carbocycles. The van der Waals surface area contributed by atoms with E-state index in [-0.39, 0.29) is 11.8 Å². The zero-order chi connectivity index (χ0) is 17.8. The summed E-state index contributed by atoms with van der Waals surface area (Å²) in [6.45, 7) is 2.52. The Labute approximate surface area is 152 Å². The lowest BCUT2D eigenvalue weighted by molar-refractivity contribution is 0.0721. The SMILES string of the molecule is CN(C)c1cccc(C(=O)N2CCCN(C(=O)c3cccs3)CC2)c1. The fourth-order valence-electron chi connectivity index (χ4n) is 2.98. The van der Waals surface area contributed by atoms with Crippen LogP contribution < -0.4 is 4.90 Å². The lowest BCUT2D eigenvalue weighted by atomic mass is 10.1. The van der Waals surface area contributed by atoms with E-state index in [2.05, 4.69) is 0 Å². The first kappa shape index (κ1) is 17.5. The van der Waals surface area contributed by atoms with Crippen molar-refractivity contribution in [2.45, 2.75) is 6.42 Å². The predicted molar refractivity (Wildman–Crippen MR) is 102 cm³/mol. The van der Waals surface area contributed by atoms with Gasteiger partial charge in [0.2, 0.25) is 0 Å². The minimum absolute atomic E-state index is 0.0362. The number of rotatable bonds is 3. The summed E-state index contributed by atoms with van der Waals surface area (Å²) in [4.78, 5) is 31.8. The highest BCUT2D eigenvalue weighted by Gasteiger charge is 2.24. The quantitative estimate of drug-likeness (QED) is 0.848. The first-order valence-corrected chi connectivity index (χ1v) is 9.33. The van der Waals surface area contributed by atoms with Crippen LogP contribution in [0.25, 0.3) is 0 Å². The molecule has 3 rings (SSSR count). The highest BCUT2D eigenvalue weighted by atomic mass is 32.1. The fraction of sp³-hybridized carbons (Fsp3) is 0.368. The summed E-state index contributed by atoms with van der Waals surface area (Å²) in [6, 6.07) is 11.4. The van der Waals surface area contributed by atoms with Crippen LogP contribution >= 0.6 is 11.3 Å². The van der Waals surface area contributed by atoms with Gasteiger partial charge in [-0.3, -0.25) is 9.59 Å². The molecule has 5 nitrogen and oxygen atoms in total. The van der Waals surface area contributed by atoms with Crippen LogP contribution in [0.1, 0.15) is 26.5 Å². The molecule has 25 heavy (non-hydrogen) atoms. The van der Waals surface area contributed by atoms with E-state index in [0.717, 1.165) is 17.0 Å². The average Bonchev–Trinajstić information content (AvgIpc) is 3.05. The molecule has 0 atom stereocenters. The van der Waals surface area contributed by atoms with Gasteiger partial charge in [0.05, 0.1) is 4.88 Å². The number of thiophene rings is 1. The molecule has 1 aliphatic rings. The second kappa shape index (κ2) is 7.70. The predicted octanol–water partition coefficient (Wildman–Crippen LogP) is 2.80. The van der Waals surface area contributed by atoms with E-state index in [0.29, 0.717) is 31.7 Å². The minimum Gasteiger partial charge on any atom is -0.378 e. The van der Waals surface area contributed by atoms with Gasteiger partial charge in [0.15, 0.2) is 0 Å². The Morgan fingerprint density at radius 1 is 0.960 bits per heavy atom. The normalized spacial score (nSPS) is 15.0. The molecule has 6 heteroatoms. The summed E-state index contributed by atoms with van der Waals surface area (Å²) in [7, 11) is 3.92. The van der Waals surface area contributed by atoms with E-state index >= 15 is 0 Å². The van der Waals surface area contributed by atoms with Gasteiger partial charge in [-0.2, -0.15) is 0 Å². The van der Waals surface area contributed by atoms with Crippen LogP contribution in [0.3, 0.4) is 0 Å². The number of carbonyl (C=O) groups is 2. The molecule has 1 fully saturated rings. The first-order valence-electron chi connectivity index (χ1n) is 8.45. The summed E-state index contributed by atoms with van der Waals surface area (Å²) in [5.41, 5.74) is 1.71. The molecule has 0 unspecified atom stereocenters. The molecule has 0 spiro atoms. The van der Waals surface area contributed by atoms with Crippen LogP contribution in [0.5, 0.6) is 0 Å². The number of nitrogens with zero attached hydrogens (tertiary/aromatic N) is 3. The highest BCUT2D eigenvalue weighted by Crippen LogP contribution is 2.18. The summed E-state index contributed by atoms with van der Waals surface area (Å²) >= 11 is 1.46. The van der Waals surface area contributed by atoms with E-state index in [1.54, 1.807) is 0 Å². The molecule has 2 aromatic rings. The van der Waals surface area contributed by atoms with E-state index in [9.17, 15) is 9.59 Å². The monoisotopic (exact) mass is 357 g/mol. The Balaban J connectivity index is 1.67. The van der Waals surface area contributed by atoms with Crippen molar-refractivity contribution in [1.82, 2.24) is 9.80 Å². The Kier molecular flexibility index (Phi) is 5.38. The highest BCUT2D eigenvalue weighted by molar-refractivity contribution is 7.12. The van der Waals surface area contributed by atoms with Gasteiger partial charge in [-0.05, 0) is 36.1 Å². The van der Waals surface area contributed by atoms with Crippen molar-refractivity contribution in [3.8, 4) is 0 Å². The first-order chi connectivity index (χ1) is 12.1. The summed E-state index contributed by atoms with van der Waals surface area (Å²) in [5.74, 6) is 0.105. The molecule has 2 amide bonds. The molecule has 0 saturated carbocycles. The van der Waals surface area contributed by atoms with Crippen molar-refractivity contribution < 1.29 is 9.59 Å². The van der Waals surface area contributed by atoms with Gasteiger partial charge in [-0.15, -0.1) is 11.3 Å².